The Labute approximate surface area is 183 Å². The first-order valence-corrected chi connectivity index (χ1v) is 10.2. The van der Waals surface area contributed by atoms with Crippen LogP contribution < -0.4 is 0 Å². The van der Waals surface area contributed by atoms with Crippen LogP contribution in [-0.4, -0.2) is 15.0 Å². The number of nitrogens with zero attached hydrogens (tertiary/aromatic N) is 3. The van der Waals surface area contributed by atoms with Gasteiger partial charge in [0, 0.05) is 10.8 Å². The van der Waals surface area contributed by atoms with Gasteiger partial charge in [0.05, 0.1) is 22.6 Å². The largest absolute Gasteiger partial charge is 0.454 e. The highest BCUT2D eigenvalue weighted by molar-refractivity contribution is 5.82. The molecule has 0 spiro atoms. The van der Waals surface area contributed by atoms with E-state index in [0.717, 1.165) is 28.4 Å². The fraction of sp³-hybridized carbons (Fsp3) is 0.115. The summed E-state index contributed by atoms with van der Waals surface area (Å²) in [7, 11) is 0. The van der Waals surface area contributed by atoms with Crippen LogP contribution in [0.15, 0.2) is 83.3 Å². The van der Waals surface area contributed by atoms with E-state index in [0.29, 0.717) is 17.1 Å². The molecule has 0 aliphatic carbocycles. The molecule has 5 aromatic rings. The van der Waals surface area contributed by atoms with Crippen molar-refractivity contribution in [1.82, 2.24) is 15.0 Å². The van der Waals surface area contributed by atoms with Crippen LogP contribution in [0.2, 0.25) is 0 Å². The predicted octanol–water partition coefficient (Wildman–Crippen LogP) is 6.56. The van der Waals surface area contributed by atoms with E-state index in [2.05, 4.69) is 9.97 Å². The molecule has 0 aliphatic rings. The Balaban J connectivity index is 1.54. The maximum atomic E-state index is 14.2. The molecule has 0 atom stereocenters. The van der Waals surface area contributed by atoms with Gasteiger partial charge in [-0.3, -0.25) is 4.98 Å². The van der Waals surface area contributed by atoms with Crippen molar-refractivity contribution in [3.63, 3.8) is 0 Å². The summed E-state index contributed by atoms with van der Waals surface area (Å²) < 4.78 is 33.4. The van der Waals surface area contributed by atoms with Gasteiger partial charge < -0.3 is 4.42 Å². The van der Waals surface area contributed by atoms with Crippen LogP contribution in [-0.2, 0) is 5.41 Å². The van der Waals surface area contributed by atoms with Crippen molar-refractivity contribution < 1.29 is 13.2 Å². The first-order chi connectivity index (χ1) is 15.4. The van der Waals surface area contributed by atoms with Gasteiger partial charge in [-0.05, 0) is 62.4 Å². The molecule has 0 bridgehead atoms. The van der Waals surface area contributed by atoms with E-state index in [-0.39, 0.29) is 5.56 Å². The van der Waals surface area contributed by atoms with Crippen LogP contribution in [0.1, 0.15) is 25.2 Å². The molecule has 0 aliphatic heterocycles. The van der Waals surface area contributed by atoms with E-state index in [1.807, 2.05) is 68.4 Å². The van der Waals surface area contributed by atoms with E-state index >= 15 is 0 Å². The van der Waals surface area contributed by atoms with Crippen molar-refractivity contribution in [3.05, 3.63) is 102 Å². The van der Waals surface area contributed by atoms with Gasteiger partial charge >= 0.3 is 0 Å². The second-order valence-corrected chi connectivity index (χ2v) is 8.06. The number of halogens is 2. The average molecular weight is 427 g/mol. The highest BCUT2D eigenvalue weighted by atomic mass is 19.1. The van der Waals surface area contributed by atoms with Crippen molar-refractivity contribution >= 4 is 11.0 Å². The average Bonchev–Trinajstić information content (AvgIpc) is 3.24. The first kappa shape index (κ1) is 20.0. The molecule has 5 rings (SSSR count). The monoisotopic (exact) mass is 427 g/mol. The quantitative estimate of drug-likeness (QED) is 0.305. The molecule has 158 valence electrons. The minimum atomic E-state index is -0.891. The molecular formula is C26H19F2N3O. The Hall–Kier alpha value is -3.93. The van der Waals surface area contributed by atoms with E-state index in [1.165, 1.54) is 6.07 Å². The van der Waals surface area contributed by atoms with Crippen molar-refractivity contribution in [2.24, 2.45) is 0 Å². The fourth-order valence-electron chi connectivity index (χ4n) is 3.70. The van der Waals surface area contributed by atoms with E-state index in [1.54, 1.807) is 12.1 Å². The SMILES string of the molecule is CC(C)(c1cccc(-c2cc3ccccc3o2)n1)c1cccc(-c2ccc(F)nc2F)n1. The van der Waals surface area contributed by atoms with E-state index < -0.39 is 17.3 Å². The van der Waals surface area contributed by atoms with Crippen molar-refractivity contribution in [1.29, 1.82) is 0 Å². The maximum absolute atomic E-state index is 14.2. The van der Waals surface area contributed by atoms with Crippen LogP contribution in [0.25, 0.3) is 33.7 Å². The number of para-hydroxylation sites is 1. The Morgan fingerprint density at radius 3 is 2.12 bits per heavy atom. The van der Waals surface area contributed by atoms with Gasteiger partial charge in [0.15, 0.2) is 5.76 Å². The first-order valence-electron chi connectivity index (χ1n) is 10.2. The summed E-state index contributed by atoms with van der Waals surface area (Å²) in [6.45, 7) is 4.01. The molecular weight excluding hydrogens is 408 g/mol. The molecule has 0 radical (unpaired) electrons. The van der Waals surface area contributed by atoms with Gasteiger partial charge in [-0.25, -0.2) is 4.98 Å². The number of rotatable bonds is 4. The van der Waals surface area contributed by atoms with Crippen LogP contribution in [0, 0.1) is 11.9 Å². The Morgan fingerprint density at radius 1 is 0.719 bits per heavy atom. The molecule has 1 aromatic carbocycles. The lowest BCUT2D eigenvalue weighted by atomic mass is 9.84. The summed E-state index contributed by atoms with van der Waals surface area (Å²) in [4.78, 5) is 12.8. The highest BCUT2D eigenvalue weighted by Gasteiger charge is 2.27. The minimum absolute atomic E-state index is 0.146. The summed E-state index contributed by atoms with van der Waals surface area (Å²) in [5.74, 6) is -1.07. The predicted molar refractivity (Wildman–Crippen MR) is 119 cm³/mol. The normalized spacial score (nSPS) is 11.8. The van der Waals surface area contributed by atoms with Gasteiger partial charge in [0.25, 0.3) is 0 Å². The van der Waals surface area contributed by atoms with Crippen molar-refractivity contribution in [3.8, 4) is 22.7 Å². The number of aromatic nitrogens is 3. The number of benzene rings is 1. The molecule has 32 heavy (non-hydrogen) atoms. The molecule has 0 amide bonds. The third-order valence-electron chi connectivity index (χ3n) is 5.55. The van der Waals surface area contributed by atoms with Crippen LogP contribution >= 0.6 is 0 Å². The zero-order valence-electron chi connectivity index (χ0n) is 17.5. The number of pyridine rings is 3. The summed E-state index contributed by atoms with van der Waals surface area (Å²) >= 11 is 0. The van der Waals surface area contributed by atoms with Crippen LogP contribution in [0.4, 0.5) is 8.78 Å². The van der Waals surface area contributed by atoms with Crippen LogP contribution in [0.3, 0.4) is 0 Å². The topological polar surface area (TPSA) is 51.8 Å². The van der Waals surface area contributed by atoms with Gasteiger partial charge in [-0.2, -0.15) is 13.8 Å². The molecule has 0 unspecified atom stereocenters. The molecule has 4 heterocycles. The van der Waals surface area contributed by atoms with Gasteiger partial charge in [-0.15, -0.1) is 0 Å². The summed E-state index contributed by atoms with van der Waals surface area (Å²) in [6, 6.07) is 23.4. The molecule has 0 fully saturated rings. The molecule has 0 saturated carbocycles. The molecule has 4 aromatic heterocycles. The Kier molecular flexibility index (Phi) is 4.78. The van der Waals surface area contributed by atoms with E-state index in [9.17, 15) is 8.78 Å². The Bertz CT molecular complexity index is 1410. The lowest BCUT2D eigenvalue weighted by Gasteiger charge is -2.24. The number of fused-ring (bicyclic) bond motifs is 1. The minimum Gasteiger partial charge on any atom is -0.454 e. The third kappa shape index (κ3) is 3.54. The van der Waals surface area contributed by atoms with Crippen LogP contribution in [0.5, 0.6) is 0 Å². The zero-order chi connectivity index (χ0) is 22.3. The fourth-order valence-corrected chi connectivity index (χ4v) is 3.70. The van der Waals surface area contributed by atoms with Gasteiger partial charge in [0.1, 0.15) is 11.3 Å². The third-order valence-corrected chi connectivity index (χ3v) is 5.55. The second-order valence-electron chi connectivity index (χ2n) is 8.06. The van der Waals surface area contributed by atoms with Gasteiger partial charge in [0.2, 0.25) is 11.9 Å². The number of hydrogen-bond acceptors (Lipinski definition) is 4. The summed E-state index contributed by atoms with van der Waals surface area (Å²) in [5, 5.41) is 1.01. The maximum Gasteiger partial charge on any atom is 0.224 e. The highest BCUT2D eigenvalue weighted by Crippen LogP contribution is 2.33. The van der Waals surface area contributed by atoms with Crippen molar-refractivity contribution in [2.75, 3.05) is 0 Å². The standard InChI is InChI=1S/C26H19F2N3O/c1-26(2,22-11-5-8-18(29-22)17-13-14-24(27)31-25(17)28)23-12-6-9-19(30-23)21-15-16-7-3-4-10-20(16)32-21/h3-15H,1-2H3. The van der Waals surface area contributed by atoms with E-state index in [4.69, 9.17) is 9.40 Å². The smallest absolute Gasteiger partial charge is 0.224 e. The molecule has 6 heteroatoms. The Morgan fingerprint density at radius 2 is 1.41 bits per heavy atom. The number of hydrogen-bond donors (Lipinski definition) is 0. The molecule has 4 nitrogen and oxygen atoms in total. The molecule has 0 saturated heterocycles. The number of furan rings is 1. The lowest BCUT2D eigenvalue weighted by molar-refractivity contribution is 0.514. The summed E-state index contributed by atoms with van der Waals surface area (Å²) in [6.07, 6.45) is 0. The zero-order valence-corrected chi connectivity index (χ0v) is 17.5. The van der Waals surface area contributed by atoms with Crippen molar-refractivity contribution in [2.45, 2.75) is 19.3 Å². The lowest BCUT2D eigenvalue weighted by Crippen LogP contribution is -2.22. The molecule has 0 N–H and O–H groups in total. The van der Waals surface area contributed by atoms with Gasteiger partial charge in [-0.1, -0.05) is 30.3 Å². The second kappa shape index (κ2) is 7.64. The summed E-state index contributed by atoms with van der Waals surface area (Å²) in [5.41, 5.74) is 2.96.